The lowest BCUT2D eigenvalue weighted by atomic mass is 9.80. The molecule has 0 heterocycles. The second-order valence-electron chi connectivity index (χ2n) is 7.73. The van der Waals surface area contributed by atoms with Gasteiger partial charge >= 0.3 is 0 Å². The second kappa shape index (κ2) is 7.72. The van der Waals surface area contributed by atoms with Crippen LogP contribution in [-0.2, 0) is 9.59 Å². The van der Waals surface area contributed by atoms with Crippen LogP contribution in [-0.4, -0.2) is 30.8 Å². The Kier molecular flexibility index (Phi) is 6.84. The Morgan fingerprint density at radius 3 is 2.05 bits per heavy atom. The molecule has 4 heteroatoms. The minimum Gasteiger partial charge on any atom is -0.345 e. The Hall–Kier alpha value is -0.430. The second-order valence-corrected chi connectivity index (χ2v) is 9.96. The molecule has 0 aromatic heterocycles. The molecule has 1 aliphatic rings. The van der Waals surface area contributed by atoms with E-state index in [4.69, 9.17) is 0 Å². The van der Waals surface area contributed by atoms with Crippen LogP contribution in [0.15, 0.2) is 0 Å². The largest absolute Gasteiger partial charge is 0.345 e. The Labute approximate surface area is 131 Å². The molecule has 1 aliphatic carbocycles. The Bertz CT molecular complexity index is 367. The van der Waals surface area contributed by atoms with E-state index in [1.165, 1.54) is 19.3 Å². The van der Waals surface area contributed by atoms with Crippen LogP contribution in [0.3, 0.4) is 0 Å². The molecule has 1 rings (SSSR count). The number of carbonyl (C=O) groups excluding carboxylic acids is 2. The molecule has 0 aromatic carbocycles. The first-order valence-corrected chi connectivity index (χ1v) is 10.4. The molecule has 0 aromatic rings. The molecule has 0 radical (unpaired) electrons. The Morgan fingerprint density at radius 1 is 1.10 bits per heavy atom. The van der Waals surface area contributed by atoms with Gasteiger partial charge < -0.3 is 5.32 Å². The van der Waals surface area contributed by atoms with Gasteiger partial charge in [0.15, 0.2) is 5.52 Å². The van der Waals surface area contributed by atoms with Crippen LogP contribution in [0.25, 0.3) is 0 Å². The summed E-state index contributed by atoms with van der Waals surface area (Å²) < 4.78 is 0. The van der Waals surface area contributed by atoms with Gasteiger partial charge in [0.1, 0.15) is 0 Å². The zero-order valence-corrected chi connectivity index (χ0v) is 15.4. The van der Waals surface area contributed by atoms with Crippen molar-refractivity contribution in [3.05, 3.63) is 0 Å². The molecule has 1 amide bonds. The SMILES string of the molecule is C[C@H](C(=O)NC(C(=O)P(C)C)C(C)(C)C)C1CCCCC1. The van der Waals surface area contributed by atoms with E-state index in [0.29, 0.717) is 5.92 Å². The Balaban J connectivity index is 2.73. The molecule has 0 bridgehead atoms. The monoisotopic (exact) mass is 313 g/mol. The first kappa shape index (κ1) is 18.6. The van der Waals surface area contributed by atoms with Gasteiger partial charge in [-0.1, -0.05) is 47.0 Å². The lowest BCUT2D eigenvalue weighted by molar-refractivity contribution is -0.131. The summed E-state index contributed by atoms with van der Waals surface area (Å²) in [4.78, 5) is 25.0. The highest BCUT2D eigenvalue weighted by atomic mass is 31.1. The average Bonchev–Trinajstić information content (AvgIpc) is 2.42. The number of amides is 1. The molecule has 1 unspecified atom stereocenters. The molecule has 2 atom stereocenters. The van der Waals surface area contributed by atoms with E-state index in [1.54, 1.807) is 0 Å². The predicted octanol–water partition coefficient (Wildman–Crippen LogP) is 4.00. The van der Waals surface area contributed by atoms with Crippen molar-refractivity contribution in [3.63, 3.8) is 0 Å². The number of hydrogen-bond donors (Lipinski definition) is 1. The van der Waals surface area contributed by atoms with Crippen molar-refractivity contribution >= 4 is 19.4 Å². The van der Waals surface area contributed by atoms with Gasteiger partial charge in [-0.25, -0.2) is 0 Å². The van der Waals surface area contributed by atoms with Crippen molar-refractivity contribution in [3.8, 4) is 0 Å². The summed E-state index contributed by atoms with van der Waals surface area (Å²) in [6, 6.07) is -0.364. The molecule has 1 saturated carbocycles. The van der Waals surface area contributed by atoms with Gasteiger partial charge in [0.25, 0.3) is 0 Å². The van der Waals surface area contributed by atoms with Gasteiger partial charge in [-0.2, -0.15) is 0 Å². The standard InChI is InChI=1S/C17H32NO2P/c1-12(13-10-8-7-9-11-13)15(19)18-14(17(2,3)4)16(20)21(5)6/h12-14H,7-11H2,1-6H3,(H,18,19)/t12-,14?/m0/s1. The van der Waals surface area contributed by atoms with E-state index < -0.39 is 7.92 Å². The molecule has 122 valence electrons. The third-order valence-electron chi connectivity index (χ3n) is 4.61. The fraction of sp³-hybridized carbons (Fsp3) is 0.882. The molecule has 1 fully saturated rings. The number of carbonyl (C=O) groups is 2. The van der Waals surface area contributed by atoms with Crippen molar-refractivity contribution in [2.75, 3.05) is 13.3 Å². The van der Waals surface area contributed by atoms with Gasteiger partial charge in [-0.3, -0.25) is 9.59 Å². The highest BCUT2D eigenvalue weighted by Gasteiger charge is 2.36. The topological polar surface area (TPSA) is 46.2 Å². The molecule has 0 saturated heterocycles. The van der Waals surface area contributed by atoms with Gasteiger partial charge in [0.05, 0.1) is 6.04 Å². The highest BCUT2D eigenvalue weighted by Crippen LogP contribution is 2.35. The van der Waals surface area contributed by atoms with Crippen LogP contribution in [0.5, 0.6) is 0 Å². The lowest BCUT2D eigenvalue weighted by Gasteiger charge is -2.34. The molecular formula is C17H32NO2P. The molecule has 3 nitrogen and oxygen atoms in total. The van der Waals surface area contributed by atoms with Crippen LogP contribution >= 0.6 is 7.92 Å². The number of rotatable bonds is 5. The number of nitrogens with one attached hydrogen (secondary N) is 1. The summed E-state index contributed by atoms with van der Waals surface area (Å²) >= 11 is 0. The van der Waals surface area contributed by atoms with Gasteiger partial charge in [0, 0.05) is 5.92 Å². The minimum absolute atomic E-state index is 0.0166. The molecule has 0 aliphatic heterocycles. The predicted molar refractivity (Wildman–Crippen MR) is 90.9 cm³/mol. The van der Waals surface area contributed by atoms with Crippen LogP contribution < -0.4 is 5.32 Å². The van der Waals surface area contributed by atoms with Crippen molar-refractivity contribution < 1.29 is 9.59 Å². The molecule has 1 N–H and O–H groups in total. The van der Waals surface area contributed by atoms with Crippen LogP contribution in [0, 0.1) is 17.3 Å². The third-order valence-corrected chi connectivity index (χ3v) is 5.75. The normalized spacial score (nSPS) is 20.1. The van der Waals surface area contributed by atoms with E-state index in [0.717, 1.165) is 12.8 Å². The summed E-state index contributed by atoms with van der Waals surface area (Å²) in [6.07, 6.45) is 6.07. The maximum atomic E-state index is 12.6. The van der Waals surface area contributed by atoms with Crippen molar-refractivity contribution in [2.24, 2.45) is 17.3 Å². The van der Waals surface area contributed by atoms with Gasteiger partial charge in [-0.05, 0) is 45.4 Å². The minimum atomic E-state index is -0.683. The first-order chi connectivity index (χ1) is 9.64. The average molecular weight is 313 g/mol. The molecule has 21 heavy (non-hydrogen) atoms. The van der Waals surface area contributed by atoms with Crippen molar-refractivity contribution in [1.29, 1.82) is 0 Å². The summed E-state index contributed by atoms with van der Waals surface area (Å²) in [5, 5.41) is 3.06. The zero-order chi connectivity index (χ0) is 16.2. The fourth-order valence-electron chi connectivity index (χ4n) is 3.03. The first-order valence-electron chi connectivity index (χ1n) is 8.16. The van der Waals surface area contributed by atoms with Crippen molar-refractivity contribution in [2.45, 2.75) is 65.8 Å². The van der Waals surface area contributed by atoms with E-state index in [2.05, 4.69) is 5.32 Å². The Morgan fingerprint density at radius 2 is 1.62 bits per heavy atom. The number of hydrogen-bond acceptors (Lipinski definition) is 2. The van der Waals surface area contributed by atoms with Crippen LogP contribution in [0.1, 0.15) is 59.8 Å². The lowest BCUT2D eigenvalue weighted by Crippen LogP contribution is -2.50. The highest BCUT2D eigenvalue weighted by molar-refractivity contribution is 7.73. The van der Waals surface area contributed by atoms with Crippen LogP contribution in [0.4, 0.5) is 0 Å². The summed E-state index contributed by atoms with van der Waals surface area (Å²) in [6.45, 7) is 12.0. The third kappa shape index (κ3) is 5.36. The van der Waals surface area contributed by atoms with Gasteiger partial charge in [0.2, 0.25) is 5.91 Å². The van der Waals surface area contributed by atoms with Crippen LogP contribution in [0.2, 0.25) is 0 Å². The van der Waals surface area contributed by atoms with E-state index in [9.17, 15) is 9.59 Å². The maximum absolute atomic E-state index is 12.6. The van der Waals surface area contributed by atoms with E-state index >= 15 is 0 Å². The van der Waals surface area contributed by atoms with Gasteiger partial charge in [-0.15, -0.1) is 0 Å². The summed E-state index contributed by atoms with van der Waals surface area (Å²) in [5.74, 6) is 0.564. The van der Waals surface area contributed by atoms with E-state index in [1.807, 2.05) is 41.0 Å². The zero-order valence-electron chi connectivity index (χ0n) is 14.5. The molecule has 0 spiro atoms. The summed E-state index contributed by atoms with van der Waals surface area (Å²) in [5.41, 5.74) is -0.0345. The molecular weight excluding hydrogens is 281 g/mol. The fourth-order valence-corrected chi connectivity index (χ4v) is 4.00. The summed E-state index contributed by atoms with van der Waals surface area (Å²) in [7, 11) is -0.683. The quantitative estimate of drug-likeness (QED) is 0.780. The van der Waals surface area contributed by atoms with Crippen molar-refractivity contribution in [1.82, 2.24) is 5.32 Å². The van der Waals surface area contributed by atoms with E-state index in [-0.39, 0.29) is 28.8 Å². The maximum Gasteiger partial charge on any atom is 0.223 e. The smallest absolute Gasteiger partial charge is 0.223 e.